The lowest BCUT2D eigenvalue weighted by molar-refractivity contribution is -0.113. The third kappa shape index (κ3) is 5.82. The largest absolute Gasteiger partial charge is 0.497 e. The maximum Gasteiger partial charge on any atom is 0.337 e. The third-order valence-corrected chi connectivity index (χ3v) is 4.70. The number of carbonyl (C=O) groups excluding carboxylic acids is 2. The number of esters is 1. The number of carbonyl (C=O) groups is 2. The number of thioether (sulfide) groups is 1. The summed E-state index contributed by atoms with van der Waals surface area (Å²) < 4.78 is 15.3. The molecule has 0 saturated carbocycles. The van der Waals surface area contributed by atoms with Crippen molar-refractivity contribution in [2.24, 2.45) is 0 Å². The summed E-state index contributed by atoms with van der Waals surface area (Å²) in [6, 6.07) is 14.0. The summed E-state index contributed by atoms with van der Waals surface area (Å²) in [5.41, 5.74) is 2.00. The molecule has 1 aromatic heterocycles. The van der Waals surface area contributed by atoms with Gasteiger partial charge >= 0.3 is 5.97 Å². The standard InChI is InChI=1S/C20H19N3O5S/c1-26-16-9-3-13(4-10-16)11-18-22-23-20(28-18)29-12-17(24)21-15-7-5-14(6-8-15)19(25)27-2/h3-10H,11-12H2,1-2H3,(H,21,24). The number of nitrogens with one attached hydrogen (secondary N) is 1. The fourth-order valence-corrected chi connectivity index (χ4v) is 3.00. The van der Waals surface area contributed by atoms with E-state index in [-0.39, 0.29) is 11.7 Å². The van der Waals surface area contributed by atoms with Gasteiger partial charge in [0, 0.05) is 5.69 Å². The number of ether oxygens (including phenoxy) is 2. The van der Waals surface area contributed by atoms with Gasteiger partial charge in [-0.15, -0.1) is 10.2 Å². The molecule has 0 unspecified atom stereocenters. The Bertz CT molecular complexity index is 971. The predicted octanol–water partition coefficient (Wildman–Crippen LogP) is 3.19. The molecule has 2 aromatic carbocycles. The van der Waals surface area contributed by atoms with Crippen LogP contribution in [-0.2, 0) is 16.0 Å². The van der Waals surface area contributed by atoms with E-state index in [2.05, 4.69) is 20.3 Å². The number of rotatable bonds is 8. The monoisotopic (exact) mass is 413 g/mol. The van der Waals surface area contributed by atoms with E-state index in [1.54, 1.807) is 31.4 Å². The van der Waals surface area contributed by atoms with Crippen molar-refractivity contribution in [2.75, 3.05) is 25.3 Å². The summed E-state index contributed by atoms with van der Waals surface area (Å²) >= 11 is 1.15. The van der Waals surface area contributed by atoms with Crippen molar-refractivity contribution < 1.29 is 23.5 Å². The lowest BCUT2D eigenvalue weighted by Crippen LogP contribution is -2.14. The van der Waals surface area contributed by atoms with Crippen LogP contribution in [0.25, 0.3) is 0 Å². The van der Waals surface area contributed by atoms with Crippen molar-refractivity contribution in [3.8, 4) is 5.75 Å². The van der Waals surface area contributed by atoms with E-state index in [1.165, 1.54) is 7.11 Å². The van der Waals surface area contributed by atoms with E-state index in [9.17, 15) is 9.59 Å². The van der Waals surface area contributed by atoms with Crippen LogP contribution in [0.4, 0.5) is 5.69 Å². The number of anilines is 1. The summed E-state index contributed by atoms with van der Waals surface area (Å²) in [6.07, 6.45) is 0.496. The molecule has 150 valence electrons. The molecule has 0 aliphatic heterocycles. The van der Waals surface area contributed by atoms with Crippen LogP contribution < -0.4 is 10.1 Å². The first-order valence-electron chi connectivity index (χ1n) is 8.63. The summed E-state index contributed by atoms with van der Waals surface area (Å²) in [4.78, 5) is 23.5. The Morgan fingerprint density at radius 2 is 1.76 bits per heavy atom. The van der Waals surface area contributed by atoms with Crippen molar-refractivity contribution in [3.05, 3.63) is 65.5 Å². The Morgan fingerprint density at radius 3 is 2.41 bits per heavy atom. The fourth-order valence-electron chi connectivity index (χ4n) is 2.42. The van der Waals surface area contributed by atoms with E-state index in [1.807, 2.05) is 24.3 Å². The SMILES string of the molecule is COC(=O)c1ccc(NC(=O)CSc2nnc(Cc3ccc(OC)cc3)o2)cc1. The van der Waals surface area contributed by atoms with E-state index < -0.39 is 5.97 Å². The second-order valence-electron chi connectivity index (χ2n) is 5.89. The van der Waals surface area contributed by atoms with Gasteiger partial charge in [0.2, 0.25) is 11.8 Å². The molecule has 0 radical (unpaired) electrons. The van der Waals surface area contributed by atoms with Gasteiger partial charge in [-0.3, -0.25) is 4.79 Å². The summed E-state index contributed by atoms with van der Waals surface area (Å²) in [7, 11) is 2.93. The van der Waals surface area contributed by atoms with Gasteiger partial charge in [0.25, 0.3) is 5.22 Å². The smallest absolute Gasteiger partial charge is 0.337 e. The first kappa shape index (κ1) is 20.4. The topological polar surface area (TPSA) is 104 Å². The first-order valence-corrected chi connectivity index (χ1v) is 9.62. The van der Waals surface area contributed by atoms with Crippen molar-refractivity contribution in [1.82, 2.24) is 10.2 Å². The van der Waals surface area contributed by atoms with E-state index in [4.69, 9.17) is 9.15 Å². The molecule has 0 atom stereocenters. The van der Waals surface area contributed by atoms with Crippen LogP contribution in [0.2, 0.25) is 0 Å². The lowest BCUT2D eigenvalue weighted by Gasteiger charge is -2.05. The number of aromatic nitrogens is 2. The molecule has 0 spiro atoms. The zero-order chi connectivity index (χ0) is 20.6. The number of nitrogens with zero attached hydrogens (tertiary/aromatic N) is 2. The lowest BCUT2D eigenvalue weighted by atomic mass is 10.1. The molecule has 0 fully saturated rings. The first-order chi connectivity index (χ1) is 14.1. The Labute approximate surface area is 171 Å². The van der Waals surface area contributed by atoms with Crippen LogP contribution in [0, 0.1) is 0 Å². The van der Waals surface area contributed by atoms with Crippen LogP contribution in [0.3, 0.4) is 0 Å². The molecule has 0 saturated heterocycles. The van der Waals surface area contributed by atoms with Crippen molar-refractivity contribution in [1.29, 1.82) is 0 Å². The van der Waals surface area contributed by atoms with E-state index in [0.29, 0.717) is 28.8 Å². The molecule has 0 aliphatic carbocycles. The fraction of sp³-hybridized carbons (Fsp3) is 0.200. The molecule has 9 heteroatoms. The minimum atomic E-state index is -0.430. The van der Waals surface area contributed by atoms with Crippen LogP contribution in [0.5, 0.6) is 5.75 Å². The summed E-state index contributed by atoms with van der Waals surface area (Å²) in [6.45, 7) is 0. The number of methoxy groups -OCH3 is 2. The molecule has 0 aliphatic rings. The summed E-state index contributed by atoms with van der Waals surface area (Å²) in [5.74, 6) is 0.706. The van der Waals surface area contributed by atoms with Crippen molar-refractivity contribution in [3.63, 3.8) is 0 Å². The second kappa shape index (κ2) is 9.74. The predicted molar refractivity (Wildman–Crippen MR) is 107 cm³/mol. The molecule has 1 N–H and O–H groups in total. The highest BCUT2D eigenvalue weighted by Crippen LogP contribution is 2.19. The van der Waals surface area contributed by atoms with Crippen LogP contribution >= 0.6 is 11.8 Å². The van der Waals surface area contributed by atoms with Gasteiger partial charge < -0.3 is 19.2 Å². The van der Waals surface area contributed by atoms with Gasteiger partial charge in [0.1, 0.15) is 5.75 Å². The van der Waals surface area contributed by atoms with Gasteiger partial charge in [-0.1, -0.05) is 23.9 Å². The van der Waals surface area contributed by atoms with Crippen molar-refractivity contribution in [2.45, 2.75) is 11.6 Å². The molecular weight excluding hydrogens is 394 g/mol. The molecule has 1 heterocycles. The molecule has 0 bridgehead atoms. The Morgan fingerprint density at radius 1 is 1.03 bits per heavy atom. The van der Waals surface area contributed by atoms with Gasteiger partial charge in [0.05, 0.1) is 32.0 Å². The Kier molecular flexibility index (Phi) is 6.85. The normalized spacial score (nSPS) is 10.4. The molecule has 29 heavy (non-hydrogen) atoms. The molecule has 1 amide bonds. The molecule has 3 rings (SSSR count). The van der Waals surface area contributed by atoms with Gasteiger partial charge in [-0.25, -0.2) is 4.79 Å². The maximum atomic E-state index is 12.1. The highest BCUT2D eigenvalue weighted by Gasteiger charge is 2.11. The van der Waals surface area contributed by atoms with E-state index in [0.717, 1.165) is 23.1 Å². The molecular formula is C20H19N3O5S. The van der Waals surface area contributed by atoms with Crippen LogP contribution in [-0.4, -0.2) is 42.0 Å². The van der Waals surface area contributed by atoms with Crippen LogP contribution in [0.15, 0.2) is 58.2 Å². The number of hydrogen-bond acceptors (Lipinski definition) is 8. The summed E-state index contributed by atoms with van der Waals surface area (Å²) in [5, 5.41) is 11.0. The number of benzene rings is 2. The quantitative estimate of drug-likeness (QED) is 0.444. The highest BCUT2D eigenvalue weighted by atomic mass is 32.2. The van der Waals surface area contributed by atoms with Gasteiger partial charge in [-0.05, 0) is 42.0 Å². The Balaban J connectivity index is 1.48. The maximum absolute atomic E-state index is 12.1. The van der Waals surface area contributed by atoms with E-state index >= 15 is 0 Å². The van der Waals surface area contributed by atoms with Gasteiger partial charge in [-0.2, -0.15) is 0 Å². The minimum absolute atomic E-state index is 0.114. The third-order valence-electron chi connectivity index (χ3n) is 3.88. The zero-order valence-electron chi connectivity index (χ0n) is 15.9. The number of hydrogen-bond donors (Lipinski definition) is 1. The zero-order valence-corrected chi connectivity index (χ0v) is 16.7. The average molecular weight is 413 g/mol. The second-order valence-corrected chi connectivity index (χ2v) is 6.82. The highest BCUT2D eigenvalue weighted by molar-refractivity contribution is 7.99. The molecule has 8 nitrogen and oxygen atoms in total. The van der Waals surface area contributed by atoms with Gasteiger partial charge in [0.15, 0.2) is 0 Å². The molecule has 3 aromatic rings. The van der Waals surface area contributed by atoms with Crippen LogP contribution in [0.1, 0.15) is 21.8 Å². The average Bonchev–Trinajstić information content (AvgIpc) is 3.20. The van der Waals surface area contributed by atoms with Crippen molar-refractivity contribution >= 4 is 29.3 Å². The number of amides is 1. The Hall–Kier alpha value is -3.33. The minimum Gasteiger partial charge on any atom is -0.497 e.